The summed E-state index contributed by atoms with van der Waals surface area (Å²) in [5.41, 5.74) is 12.9. The van der Waals surface area contributed by atoms with Crippen molar-refractivity contribution in [3.63, 3.8) is 0 Å². The Morgan fingerprint density at radius 1 is 0.643 bits per heavy atom. The summed E-state index contributed by atoms with van der Waals surface area (Å²) in [5.74, 6) is 4.10. The summed E-state index contributed by atoms with van der Waals surface area (Å²) >= 11 is 1.59. The highest BCUT2D eigenvalue weighted by molar-refractivity contribution is 7.13. The first-order chi connectivity index (χ1) is 33.5. The van der Waals surface area contributed by atoms with E-state index in [1.807, 2.05) is 41.2 Å². The van der Waals surface area contributed by atoms with E-state index in [-0.39, 0.29) is 18.5 Å². The van der Waals surface area contributed by atoms with Crippen LogP contribution >= 0.6 is 11.5 Å². The molecule has 0 fully saturated rings. The molecule has 0 spiro atoms. The Bertz CT molecular complexity index is 2860. The zero-order valence-corrected chi connectivity index (χ0v) is 44.0. The largest absolute Gasteiger partial charge is 0.482 e. The van der Waals surface area contributed by atoms with Crippen LogP contribution < -0.4 is 20.7 Å². The summed E-state index contributed by atoms with van der Waals surface area (Å²) in [7, 11) is 0. The molecule has 370 valence electrons. The van der Waals surface area contributed by atoms with Gasteiger partial charge in [-0.05, 0) is 174 Å². The van der Waals surface area contributed by atoms with E-state index >= 15 is 0 Å². The zero-order valence-electron chi connectivity index (χ0n) is 43.2. The van der Waals surface area contributed by atoms with Crippen LogP contribution in [0.4, 0.5) is 16.2 Å². The van der Waals surface area contributed by atoms with Gasteiger partial charge in [0.05, 0.1) is 16.1 Å². The number of aromatic amines is 1. The molecule has 4 aromatic carbocycles. The molecule has 0 saturated carbocycles. The van der Waals surface area contributed by atoms with Crippen molar-refractivity contribution in [1.29, 1.82) is 0 Å². The number of anilines is 2. The van der Waals surface area contributed by atoms with E-state index in [0.717, 1.165) is 71.5 Å². The number of pyridine rings is 1. The van der Waals surface area contributed by atoms with E-state index in [9.17, 15) is 9.59 Å². The van der Waals surface area contributed by atoms with E-state index in [2.05, 4.69) is 178 Å². The van der Waals surface area contributed by atoms with Crippen LogP contribution in [0.3, 0.4) is 0 Å². The lowest BCUT2D eigenvalue weighted by Crippen LogP contribution is -2.33. The van der Waals surface area contributed by atoms with Gasteiger partial charge >= 0.3 is 6.03 Å². The molecule has 0 aliphatic carbocycles. The Labute approximate surface area is 419 Å². The molecule has 0 saturated heterocycles. The van der Waals surface area contributed by atoms with Crippen LogP contribution in [-0.4, -0.2) is 42.5 Å². The van der Waals surface area contributed by atoms with E-state index in [0.29, 0.717) is 24.3 Å². The lowest BCUT2D eigenvalue weighted by molar-refractivity contribution is -0.118. The summed E-state index contributed by atoms with van der Waals surface area (Å²) < 4.78 is 12.8. The maximum atomic E-state index is 11.1. The second kappa shape index (κ2) is 25.4. The molecule has 0 unspecified atom stereocenters. The van der Waals surface area contributed by atoms with Crippen LogP contribution in [0.2, 0.25) is 0 Å². The number of fused-ring (bicyclic) bond motifs is 5. The summed E-state index contributed by atoms with van der Waals surface area (Å²) in [6.45, 7) is 25.0. The predicted molar refractivity (Wildman–Crippen MR) is 291 cm³/mol. The number of aromatic nitrogens is 5. The molecule has 3 amide bonds. The first kappa shape index (κ1) is 52.8. The maximum Gasteiger partial charge on any atom is 0.319 e. The van der Waals surface area contributed by atoms with Crippen molar-refractivity contribution in [2.45, 2.75) is 115 Å². The van der Waals surface area contributed by atoms with Gasteiger partial charge in [-0.3, -0.25) is 4.79 Å². The van der Waals surface area contributed by atoms with Gasteiger partial charge in [-0.15, -0.1) is 0 Å². The molecule has 4 aromatic heterocycles. The average Bonchev–Trinajstić information content (AvgIpc) is 4.06. The number of benzene rings is 4. The Balaban J connectivity index is 0.000000144. The number of nitrogens with zero attached hydrogens (tertiary/aromatic N) is 4. The van der Waals surface area contributed by atoms with Gasteiger partial charge in [-0.2, -0.15) is 9.47 Å². The van der Waals surface area contributed by atoms with Crippen molar-refractivity contribution in [2.75, 3.05) is 17.2 Å². The van der Waals surface area contributed by atoms with Crippen molar-refractivity contribution in [2.24, 2.45) is 29.6 Å². The van der Waals surface area contributed by atoms with Crippen molar-refractivity contribution in [1.82, 2.24) is 29.3 Å². The minimum atomic E-state index is -0.107. The minimum Gasteiger partial charge on any atom is -0.482 e. The number of aryl methyl sites for hydroxylation is 1. The second-order valence-electron chi connectivity index (χ2n) is 20.6. The fraction of sp³-hybridized carbons (Fsp3) is 0.397. The van der Waals surface area contributed by atoms with E-state index in [1.54, 1.807) is 17.9 Å². The number of urea groups is 1. The van der Waals surface area contributed by atoms with Gasteiger partial charge in [0.25, 0.3) is 5.91 Å². The summed E-state index contributed by atoms with van der Waals surface area (Å²) in [4.78, 5) is 29.5. The minimum absolute atomic E-state index is 0.0842. The van der Waals surface area contributed by atoms with Crippen LogP contribution in [0.5, 0.6) is 5.75 Å². The highest BCUT2D eigenvalue weighted by Crippen LogP contribution is 2.30. The van der Waals surface area contributed by atoms with Gasteiger partial charge in [0, 0.05) is 35.5 Å². The maximum absolute atomic E-state index is 11.1. The number of carbonyl (C=O) groups is 2. The molecular formula is C58H74N8O3S. The van der Waals surface area contributed by atoms with Gasteiger partial charge in [-0.25, -0.2) is 14.3 Å². The molecule has 8 aromatic rings. The number of H-pyrrole nitrogens is 1. The number of nitrogens with one attached hydrogen (secondary N) is 4. The average molecular weight is 963 g/mol. The van der Waals surface area contributed by atoms with E-state index < -0.39 is 0 Å². The van der Waals surface area contributed by atoms with Crippen molar-refractivity contribution < 1.29 is 14.3 Å². The number of rotatable bonds is 10. The summed E-state index contributed by atoms with van der Waals surface area (Å²) in [6.07, 6.45) is 11.1. The predicted octanol–water partition coefficient (Wildman–Crippen LogP) is 13.8. The Hall–Kier alpha value is -6.53. The van der Waals surface area contributed by atoms with Gasteiger partial charge < -0.3 is 25.7 Å². The van der Waals surface area contributed by atoms with E-state index in [1.165, 1.54) is 55.2 Å². The highest BCUT2D eigenvalue weighted by atomic mass is 32.1. The summed E-state index contributed by atoms with van der Waals surface area (Å²) in [5, 5.41) is 15.1. The molecule has 0 atom stereocenters. The third-order valence-electron chi connectivity index (χ3n) is 11.4. The molecule has 6 heterocycles. The normalized spacial score (nSPS) is 12.7. The molecule has 70 heavy (non-hydrogen) atoms. The molecule has 12 heteroatoms. The number of hydrogen-bond acceptors (Lipinski definition) is 7. The molecule has 10 rings (SSSR count). The van der Waals surface area contributed by atoms with Crippen LogP contribution in [0.1, 0.15) is 108 Å². The lowest BCUT2D eigenvalue weighted by atomic mass is 10.00. The molecule has 2 aliphatic rings. The molecule has 2 aliphatic heterocycles. The Morgan fingerprint density at radius 2 is 1.24 bits per heavy atom. The third-order valence-corrected chi connectivity index (χ3v) is 12.3. The first-order valence-corrected chi connectivity index (χ1v) is 25.7. The van der Waals surface area contributed by atoms with Crippen LogP contribution in [0.25, 0.3) is 26.6 Å². The molecule has 11 nitrogen and oxygen atoms in total. The van der Waals surface area contributed by atoms with E-state index in [4.69, 9.17) is 4.74 Å². The molecule has 4 N–H and O–H groups in total. The second-order valence-corrected chi connectivity index (χ2v) is 21.4. The first-order valence-electron chi connectivity index (χ1n) is 24.9. The third kappa shape index (κ3) is 16.3. The van der Waals surface area contributed by atoms with Crippen molar-refractivity contribution >= 4 is 61.5 Å². The number of carbonyl (C=O) groups excluding carboxylic acids is 2. The molecular weight excluding hydrogens is 889 g/mol. The Morgan fingerprint density at radius 3 is 1.94 bits per heavy atom. The monoisotopic (exact) mass is 963 g/mol. The van der Waals surface area contributed by atoms with Crippen LogP contribution in [0, 0.1) is 36.5 Å². The quantitative estimate of drug-likeness (QED) is 0.108. The highest BCUT2D eigenvalue weighted by Gasteiger charge is 2.16. The number of hydrogen-bond donors (Lipinski definition) is 4. The number of ether oxygens (including phenoxy) is 1. The van der Waals surface area contributed by atoms with Gasteiger partial charge in [-0.1, -0.05) is 106 Å². The lowest BCUT2D eigenvalue weighted by Gasteiger charge is -2.19. The fourth-order valence-electron chi connectivity index (χ4n) is 8.41. The van der Waals surface area contributed by atoms with Gasteiger partial charge in [0.1, 0.15) is 12.1 Å². The smallest absolute Gasteiger partial charge is 0.319 e. The molecule has 0 bridgehead atoms. The molecule has 0 radical (unpaired) electrons. The van der Waals surface area contributed by atoms with Crippen molar-refractivity contribution in [3.8, 4) is 5.75 Å². The van der Waals surface area contributed by atoms with Gasteiger partial charge in [0.2, 0.25) is 0 Å². The zero-order chi connectivity index (χ0) is 50.3. The summed E-state index contributed by atoms with van der Waals surface area (Å²) in [6, 6.07) is 31.7. The SMILES string of the molecule is CC(C)Cc1ccc2[nH]ccc2c1.CC(C)Cc1ccc2c(c1)NC(=O)NC2.CC(C)Cc1ccc2c(c1)OCC(=O)N2.CC(C)Cc1ccc2ncnn2c1.Cc1nsc2ccc(CC(C)C)cc12. The number of amides is 3. The fourth-order valence-corrected chi connectivity index (χ4v) is 9.18. The van der Waals surface area contributed by atoms with Crippen LogP contribution in [-0.2, 0) is 43.4 Å². The van der Waals surface area contributed by atoms with Gasteiger partial charge in [0.15, 0.2) is 12.3 Å². The van der Waals surface area contributed by atoms with Crippen molar-refractivity contribution in [3.05, 3.63) is 149 Å². The standard InChI is InChI=1S/C12H16N2O.C12H15NO2.C12H15NS.C12H15N.C10H13N3/c1-8(2)5-9-3-4-10-7-13-12(15)14-11(10)6-9;1-8(2)5-9-3-4-10-11(6-9)15-7-12(14)13-10;1-8(2)6-10-4-5-12-11(7-10)9(3)13-14-12;1-9(2)7-10-3-4-12-11(8-10)5-6-13-12;1-8(2)5-9-3-4-10-11-7-12-13(10)6-9/h3-4,6,8H,5,7H2,1-2H3,(H2,13,14,15);3-4,6,8H,5,7H2,1-2H3,(H,13,14);4-5,7-8H,6H2,1-3H3;3-6,8-9,13H,7H2,1-2H3;3-4,6-8H,5H2,1-2H3. The topological polar surface area (TPSA) is 138 Å². The Kier molecular flexibility index (Phi) is 19.1. The van der Waals surface area contributed by atoms with Crippen LogP contribution in [0.15, 0.2) is 110 Å².